The Hall–Kier alpha value is -3.15. The summed E-state index contributed by atoms with van der Waals surface area (Å²) in [5.41, 5.74) is 2.54. The summed E-state index contributed by atoms with van der Waals surface area (Å²) in [6.07, 6.45) is 0. The zero-order valence-electron chi connectivity index (χ0n) is 13.0. The Kier molecular flexibility index (Phi) is 3.13. The highest BCUT2D eigenvalue weighted by molar-refractivity contribution is 6.07. The van der Waals surface area contributed by atoms with E-state index >= 15 is 0 Å². The molecule has 120 valence electrons. The van der Waals surface area contributed by atoms with Crippen molar-refractivity contribution in [2.75, 3.05) is 5.32 Å². The zero-order valence-corrected chi connectivity index (χ0v) is 13.0. The lowest BCUT2D eigenvalue weighted by Crippen LogP contribution is -2.12. The van der Waals surface area contributed by atoms with Crippen molar-refractivity contribution in [3.63, 3.8) is 0 Å². The average Bonchev–Trinajstić information content (AvgIpc) is 3.08. The van der Waals surface area contributed by atoms with E-state index in [1.807, 2.05) is 0 Å². The lowest BCUT2D eigenvalue weighted by atomic mass is 10.1. The molecule has 0 atom stereocenters. The van der Waals surface area contributed by atoms with Crippen molar-refractivity contribution in [3.05, 3.63) is 59.4 Å². The van der Waals surface area contributed by atoms with Gasteiger partial charge in [0, 0.05) is 23.6 Å². The fraction of sp³-hybridized carbons (Fsp3) is 0.111. The van der Waals surface area contributed by atoms with Crippen LogP contribution in [0.4, 0.5) is 10.1 Å². The number of anilines is 1. The summed E-state index contributed by atoms with van der Waals surface area (Å²) in [7, 11) is 0. The molecule has 0 spiro atoms. The molecule has 0 unspecified atom stereocenters. The van der Waals surface area contributed by atoms with Crippen LogP contribution in [0, 0.1) is 19.7 Å². The number of hydrogen-bond donors (Lipinski definition) is 1. The van der Waals surface area contributed by atoms with Crippen LogP contribution < -0.4 is 5.32 Å². The van der Waals surface area contributed by atoms with E-state index in [9.17, 15) is 9.18 Å². The summed E-state index contributed by atoms with van der Waals surface area (Å²) in [4.78, 5) is 16.7. The topological polar surface area (TPSA) is 68.3 Å². The van der Waals surface area contributed by atoms with Gasteiger partial charge >= 0.3 is 0 Å². The smallest absolute Gasteiger partial charge is 0.291 e. The van der Waals surface area contributed by atoms with Crippen LogP contribution in [0.3, 0.4) is 0 Å². The molecule has 2 heterocycles. The lowest BCUT2D eigenvalue weighted by Gasteiger charge is -2.03. The minimum Gasteiger partial charge on any atom is -0.448 e. The number of halogens is 1. The molecule has 6 heteroatoms. The van der Waals surface area contributed by atoms with Crippen LogP contribution in [0.25, 0.3) is 22.1 Å². The molecule has 1 amide bonds. The van der Waals surface area contributed by atoms with Crippen LogP contribution in [0.2, 0.25) is 0 Å². The Morgan fingerprint density at radius 3 is 2.79 bits per heavy atom. The predicted molar refractivity (Wildman–Crippen MR) is 87.6 cm³/mol. The summed E-state index contributed by atoms with van der Waals surface area (Å²) >= 11 is 0. The van der Waals surface area contributed by atoms with Gasteiger partial charge in [0.15, 0.2) is 28.6 Å². The molecule has 0 fully saturated rings. The number of amides is 1. The Balaban J connectivity index is 1.70. The molecule has 0 aliphatic carbocycles. The number of carbonyl (C=O) groups is 1. The Labute approximate surface area is 136 Å². The molecule has 0 saturated carbocycles. The second-order valence-corrected chi connectivity index (χ2v) is 5.54. The van der Waals surface area contributed by atoms with E-state index in [1.165, 1.54) is 6.07 Å². The first kappa shape index (κ1) is 14.4. The highest BCUT2D eigenvalue weighted by Gasteiger charge is 2.19. The Morgan fingerprint density at radius 2 is 2.00 bits per heavy atom. The van der Waals surface area contributed by atoms with Gasteiger partial charge in [0.1, 0.15) is 5.52 Å². The van der Waals surface area contributed by atoms with Crippen LogP contribution in [-0.2, 0) is 0 Å². The number of aryl methyl sites for hydroxylation is 2. The highest BCUT2D eigenvalue weighted by Crippen LogP contribution is 2.28. The third kappa shape index (κ3) is 2.23. The van der Waals surface area contributed by atoms with Gasteiger partial charge in [-0.3, -0.25) is 4.79 Å². The van der Waals surface area contributed by atoms with Crippen molar-refractivity contribution in [1.29, 1.82) is 0 Å². The molecule has 0 saturated heterocycles. The molecule has 2 aromatic carbocycles. The molecule has 0 radical (unpaired) electrons. The van der Waals surface area contributed by atoms with Gasteiger partial charge in [-0.1, -0.05) is 12.1 Å². The van der Waals surface area contributed by atoms with Gasteiger partial charge < -0.3 is 14.2 Å². The van der Waals surface area contributed by atoms with Crippen LogP contribution in [0.15, 0.2) is 45.2 Å². The molecule has 1 N–H and O–H groups in total. The van der Waals surface area contributed by atoms with Gasteiger partial charge in [-0.05, 0) is 31.2 Å². The summed E-state index contributed by atoms with van der Waals surface area (Å²) in [6, 6.07) is 9.76. The van der Waals surface area contributed by atoms with Gasteiger partial charge in [-0.2, -0.15) is 0 Å². The zero-order chi connectivity index (χ0) is 16.8. The molecule has 0 aliphatic rings. The summed E-state index contributed by atoms with van der Waals surface area (Å²) in [6.45, 7) is 3.48. The van der Waals surface area contributed by atoms with Gasteiger partial charge in [0.2, 0.25) is 0 Å². The van der Waals surface area contributed by atoms with Crippen molar-refractivity contribution in [3.8, 4) is 0 Å². The van der Waals surface area contributed by atoms with Gasteiger partial charge in [-0.25, -0.2) is 9.37 Å². The normalized spacial score (nSPS) is 11.3. The number of oxazole rings is 1. The maximum atomic E-state index is 13.8. The van der Waals surface area contributed by atoms with Crippen LogP contribution >= 0.6 is 0 Å². The first-order valence-electron chi connectivity index (χ1n) is 7.39. The number of rotatable bonds is 2. The van der Waals surface area contributed by atoms with Crippen LogP contribution in [0.1, 0.15) is 22.0 Å². The quantitative estimate of drug-likeness (QED) is 0.586. The largest absolute Gasteiger partial charge is 0.448 e. The van der Waals surface area contributed by atoms with E-state index < -0.39 is 11.7 Å². The number of aromatic nitrogens is 1. The first-order chi connectivity index (χ1) is 11.5. The standard InChI is InChI=1S/C18H13FN2O3/c1-9-12-4-3-5-13(19)17(12)24-16(9)18(22)21-11-6-7-15-14(8-11)20-10(2)23-15/h3-8H,1-2H3,(H,21,22). The Morgan fingerprint density at radius 1 is 1.17 bits per heavy atom. The summed E-state index contributed by atoms with van der Waals surface area (Å²) in [5.74, 6) is -0.291. The summed E-state index contributed by atoms with van der Waals surface area (Å²) in [5, 5.41) is 3.33. The van der Waals surface area contributed by atoms with Crippen molar-refractivity contribution in [2.45, 2.75) is 13.8 Å². The minimum atomic E-state index is -0.492. The van der Waals surface area contributed by atoms with E-state index in [-0.39, 0.29) is 11.3 Å². The molecule has 4 aromatic rings. The SMILES string of the molecule is Cc1nc2cc(NC(=O)c3oc4c(F)cccc4c3C)ccc2o1. The average molecular weight is 324 g/mol. The second-order valence-electron chi connectivity index (χ2n) is 5.54. The molecule has 24 heavy (non-hydrogen) atoms. The number of nitrogens with zero attached hydrogens (tertiary/aromatic N) is 1. The molecule has 5 nitrogen and oxygen atoms in total. The molecular weight excluding hydrogens is 311 g/mol. The number of carbonyl (C=O) groups excluding carboxylic acids is 1. The lowest BCUT2D eigenvalue weighted by molar-refractivity contribution is 0.0997. The number of fused-ring (bicyclic) bond motifs is 2. The fourth-order valence-electron chi connectivity index (χ4n) is 2.73. The van der Waals surface area contributed by atoms with Crippen molar-refractivity contribution in [1.82, 2.24) is 4.98 Å². The molecule has 0 aliphatic heterocycles. The number of benzene rings is 2. The maximum Gasteiger partial charge on any atom is 0.291 e. The fourth-order valence-corrected chi connectivity index (χ4v) is 2.73. The van der Waals surface area contributed by atoms with E-state index in [0.29, 0.717) is 33.6 Å². The number of nitrogens with one attached hydrogen (secondary N) is 1. The third-order valence-corrected chi connectivity index (χ3v) is 3.87. The third-order valence-electron chi connectivity index (χ3n) is 3.87. The predicted octanol–water partition coefficient (Wildman–Crippen LogP) is 4.58. The van der Waals surface area contributed by atoms with E-state index in [0.717, 1.165) is 0 Å². The maximum absolute atomic E-state index is 13.8. The van der Waals surface area contributed by atoms with Crippen LogP contribution in [0.5, 0.6) is 0 Å². The first-order valence-corrected chi connectivity index (χ1v) is 7.39. The second kappa shape index (κ2) is 5.19. The van der Waals surface area contributed by atoms with E-state index in [4.69, 9.17) is 8.83 Å². The monoisotopic (exact) mass is 324 g/mol. The van der Waals surface area contributed by atoms with Crippen LogP contribution in [-0.4, -0.2) is 10.9 Å². The number of furan rings is 1. The summed E-state index contributed by atoms with van der Waals surface area (Å²) < 4.78 is 24.6. The van der Waals surface area contributed by atoms with E-state index in [1.54, 1.807) is 44.2 Å². The van der Waals surface area contributed by atoms with Gasteiger partial charge in [0.25, 0.3) is 5.91 Å². The molecule has 2 aromatic heterocycles. The Bertz CT molecular complexity index is 1090. The van der Waals surface area contributed by atoms with E-state index in [2.05, 4.69) is 10.3 Å². The number of hydrogen-bond acceptors (Lipinski definition) is 4. The highest BCUT2D eigenvalue weighted by atomic mass is 19.1. The van der Waals surface area contributed by atoms with Gasteiger partial charge in [-0.15, -0.1) is 0 Å². The molecule has 0 bridgehead atoms. The minimum absolute atomic E-state index is 0.0859. The molecular formula is C18H13FN2O3. The van der Waals surface area contributed by atoms with Crippen molar-refractivity contribution < 1.29 is 18.0 Å². The van der Waals surface area contributed by atoms with Gasteiger partial charge in [0.05, 0.1) is 0 Å². The molecule has 4 rings (SSSR count). The number of para-hydroxylation sites is 1. The van der Waals surface area contributed by atoms with Crippen molar-refractivity contribution in [2.24, 2.45) is 0 Å². The van der Waals surface area contributed by atoms with Crippen molar-refractivity contribution >= 4 is 33.7 Å².